The fraction of sp³-hybridized carbons (Fsp3) is 0.0500. The number of hydrogen-bond acceptors (Lipinski definition) is 5. The van der Waals surface area contributed by atoms with Gasteiger partial charge in [0.05, 0.1) is 23.7 Å². The Morgan fingerprint density at radius 2 is 1.35 bits per heavy atom. The smallest absolute Gasteiger partial charge is 0.260 e. The molecule has 1 N–H and O–H groups in total. The molecule has 0 saturated carbocycles. The first-order valence-corrected chi connectivity index (χ1v) is 16.6. The van der Waals surface area contributed by atoms with Crippen molar-refractivity contribution in [3.63, 3.8) is 0 Å². The molecule has 0 aliphatic carbocycles. The van der Waals surface area contributed by atoms with Crippen LogP contribution in [0.4, 0.5) is 9.52 Å². The van der Waals surface area contributed by atoms with Crippen LogP contribution in [0.1, 0.15) is 31.9 Å². The predicted octanol–water partition coefficient (Wildman–Crippen LogP) is 8.86. The lowest BCUT2D eigenvalue weighted by Crippen LogP contribution is -2.38. The van der Waals surface area contributed by atoms with Gasteiger partial charge < -0.3 is 0 Å². The second-order valence-electron chi connectivity index (χ2n) is 11.7. The van der Waals surface area contributed by atoms with Crippen LogP contribution in [-0.2, 0) is 5.54 Å². The number of anilines is 1. The summed E-state index contributed by atoms with van der Waals surface area (Å²) in [5.74, 6) is -1.18. The SMILES string of the molecule is Cc1cnc(NC(=O)c2ccc(-c3cnc4ccc(-c5cnn(C(c6ccccc6)(c6ccccc6)c6ccccc6)c5)cn34)cc2F)s1. The van der Waals surface area contributed by atoms with E-state index in [1.165, 1.54) is 23.5 Å². The van der Waals surface area contributed by atoms with Crippen LogP contribution in [-0.4, -0.2) is 30.1 Å². The standard InChI is InChI=1S/C40H29FN6OS/c1-27-22-43-39(49-27)45-38(48)34-19-17-28(21-35(34)41)36-24-42-37-20-18-29(25-46(36)37)30-23-44-47(26-30)40(31-11-5-2-6-12-31,32-13-7-3-8-14-32)33-15-9-4-10-16-33/h2-26H,1H3,(H,43,45,48). The van der Waals surface area contributed by atoms with Gasteiger partial charge in [-0.15, -0.1) is 11.3 Å². The van der Waals surface area contributed by atoms with E-state index >= 15 is 4.39 Å². The Labute approximate surface area is 286 Å². The van der Waals surface area contributed by atoms with Crippen molar-refractivity contribution in [2.45, 2.75) is 12.5 Å². The van der Waals surface area contributed by atoms with E-state index in [2.05, 4.69) is 94.3 Å². The van der Waals surface area contributed by atoms with Gasteiger partial charge in [-0.25, -0.2) is 14.4 Å². The lowest BCUT2D eigenvalue weighted by molar-refractivity contribution is 0.102. The molecule has 0 saturated heterocycles. The van der Waals surface area contributed by atoms with Gasteiger partial charge in [0.15, 0.2) is 5.13 Å². The largest absolute Gasteiger partial charge is 0.299 e. The number of carbonyl (C=O) groups excluding carboxylic acids is 1. The van der Waals surface area contributed by atoms with Crippen LogP contribution in [0.25, 0.3) is 28.0 Å². The van der Waals surface area contributed by atoms with Gasteiger partial charge in [-0.3, -0.25) is 19.2 Å². The molecule has 0 radical (unpaired) electrons. The van der Waals surface area contributed by atoms with Crippen molar-refractivity contribution in [2.75, 3.05) is 5.32 Å². The van der Waals surface area contributed by atoms with E-state index < -0.39 is 17.3 Å². The number of imidazole rings is 1. The summed E-state index contributed by atoms with van der Waals surface area (Å²) < 4.78 is 19.3. The van der Waals surface area contributed by atoms with E-state index in [1.807, 2.05) is 58.7 Å². The number of aryl methyl sites for hydroxylation is 1. The first-order valence-electron chi connectivity index (χ1n) is 15.7. The fourth-order valence-electron chi connectivity index (χ4n) is 6.39. The number of halogens is 1. The normalized spacial score (nSPS) is 11.6. The van der Waals surface area contributed by atoms with Crippen LogP contribution in [0.15, 0.2) is 152 Å². The van der Waals surface area contributed by atoms with Crippen molar-refractivity contribution in [2.24, 2.45) is 0 Å². The number of pyridine rings is 1. The molecule has 9 heteroatoms. The zero-order valence-electron chi connectivity index (χ0n) is 26.4. The minimum atomic E-state index is -0.740. The van der Waals surface area contributed by atoms with Crippen LogP contribution in [0.5, 0.6) is 0 Å². The van der Waals surface area contributed by atoms with E-state index in [9.17, 15) is 4.79 Å². The summed E-state index contributed by atoms with van der Waals surface area (Å²) in [7, 11) is 0. The van der Waals surface area contributed by atoms with Crippen LogP contribution in [0, 0.1) is 12.7 Å². The number of nitrogens with one attached hydrogen (secondary N) is 1. The minimum Gasteiger partial charge on any atom is -0.299 e. The molecule has 0 aliphatic heterocycles. The Kier molecular flexibility index (Phi) is 7.66. The predicted molar refractivity (Wildman–Crippen MR) is 191 cm³/mol. The van der Waals surface area contributed by atoms with Gasteiger partial charge in [-0.1, -0.05) is 97.1 Å². The number of rotatable bonds is 8. The number of amides is 1. The summed E-state index contributed by atoms with van der Waals surface area (Å²) in [5.41, 5.74) is 6.25. The summed E-state index contributed by atoms with van der Waals surface area (Å²) in [6, 6.07) is 39.7. The Bertz CT molecular complexity index is 2320. The summed E-state index contributed by atoms with van der Waals surface area (Å²) >= 11 is 1.33. The van der Waals surface area contributed by atoms with Gasteiger partial charge in [-0.05, 0) is 47.9 Å². The topological polar surface area (TPSA) is 77.1 Å². The maximum atomic E-state index is 15.4. The van der Waals surface area contributed by atoms with E-state index in [4.69, 9.17) is 5.10 Å². The molecule has 1 amide bonds. The number of hydrogen-bond donors (Lipinski definition) is 1. The monoisotopic (exact) mass is 660 g/mol. The number of nitrogens with zero attached hydrogens (tertiary/aromatic N) is 5. The third-order valence-corrected chi connectivity index (χ3v) is 9.52. The number of benzene rings is 4. The van der Waals surface area contributed by atoms with Gasteiger partial charge in [0.2, 0.25) is 0 Å². The molecule has 4 aromatic carbocycles. The number of carbonyl (C=O) groups is 1. The van der Waals surface area contributed by atoms with Crippen molar-refractivity contribution >= 4 is 28.0 Å². The summed E-state index contributed by atoms with van der Waals surface area (Å²) in [4.78, 5) is 22.5. The average molecular weight is 661 g/mol. The highest BCUT2D eigenvalue weighted by Crippen LogP contribution is 2.41. The minimum absolute atomic E-state index is 0.0581. The Morgan fingerprint density at radius 3 is 1.94 bits per heavy atom. The molecule has 8 rings (SSSR count). The molecule has 4 aromatic heterocycles. The van der Waals surface area contributed by atoms with Gasteiger partial charge in [0.1, 0.15) is 17.0 Å². The van der Waals surface area contributed by atoms with Crippen LogP contribution in [0.3, 0.4) is 0 Å². The van der Waals surface area contributed by atoms with E-state index in [1.54, 1.807) is 18.5 Å². The number of fused-ring (bicyclic) bond motifs is 1. The maximum absolute atomic E-state index is 15.4. The first-order chi connectivity index (χ1) is 24.0. The number of thiazole rings is 1. The molecule has 0 aliphatic rings. The molecule has 49 heavy (non-hydrogen) atoms. The van der Waals surface area contributed by atoms with Crippen LogP contribution in [0.2, 0.25) is 0 Å². The van der Waals surface area contributed by atoms with Crippen LogP contribution < -0.4 is 5.32 Å². The van der Waals surface area contributed by atoms with E-state index in [0.29, 0.717) is 22.0 Å². The second kappa shape index (κ2) is 12.4. The van der Waals surface area contributed by atoms with E-state index in [0.717, 1.165) is 32.7 Å². The van der Waals surface area contributed by atoms with Gasteiger partial charge in [-0.2, -0.15) is 5.10 Å². The highest BCUT2D eigenvalue weighted by atomic mass is 32.1. The molecule has 0 atom stereocenters. The van der Waals surface area contributed by atoms with Crippen molar-refractivity contribution in [1.82, 2.24) is 24.1 Å². The molecule has 0 spiro atoms. The van der Waals surface area contributed by atoms with Crippen LogP contribution >= 0.6 is 11.3 Å². The van der Waals surface area contributed by atoms with E-state index in [-0.39, 0.29) is 5.56 Å². The Hall–Kier alpha value is -6.19. The van der Waals surface area contributed by atoms with Crippen molar-refractivity contribution in [3.8, 4) is 22.4 Å². The van der Waals surface area contributed by atoms with Crippen molar-refractivity contribution in [3.05, 3.63) is 185 Å². The third-order valence-electron chi connectivity index (χ3n) is 8.69. The third kappa shape index (κ3) is 5.40. The molecule has 238 valence electrons. The second-order valence-corrected chi connectivity index (χ2v) is 12.9. The molecule has 0 bridgehead atoms. The van der Waals surface area contributed by atoms with Gasteiger partial charge in [0, 0.05) is 40.2 Å². The maximum Gasteiger partial charge on any atom is 0.260 e. The highest BCUT2D eigenvalue weighted by Gasteiger charge is 2.39. The molecule has 8 aromatic rings. The molecule has 4 heterocycles. The highest BCUT2D eigenvalue weighted by molar-refractivity contribution is 7.15. The van der Waals surface area contributed by atoms with Gasteiger partial charge in [0.25, 0.3) is 5.91 Å². The molecule has 0 unspecified atom stereocenters. The molecular formula is C40H29FN6OS. The first kappa shape index (κ1) is 30.2. The number of aromatic nitrogens is 5. The summed E-state index contributed by atoms with van der Waals surface area (Å²) in [5, 5.41) is 8.12. The zero-order valence-corrected chi connectivity index (χ0v) is 27.2. The average Bonchev–Trinajstić information content (AvgIpc) is 3.90. The Morgan fingerprint density at radius 1 is 0.714 bits per heavy atom. The van der Waals surface area contributed by atoms with Crippen molar-refractivity contribution < 1.29 is 9.18 Å². The zero-order chi connectivity index (χ0) is 33.4. The lowest BCUT2D eigenvalue weighted by Gasteiger charge is -2.36. The summed E-state index contributed by atoms with van der Waals surface area (Å²) in [6.07, 6.45) is 9.30. The fourth-order valence-corrected chi connectivity index (χ4v) is 7.05. The molecular weight excluding hydrogens is 632 g/mol. The quantitative estimate of drug-likeness (QED) is 0.165. The summed E-state index contributed by atoms with van der Waals surface area (Å²) in [6.45, 7) is 1.89. The van der Waals surface area contributed by atoms with Gasteiger partial charge >= 0.3 is 0 Å². The molecule has 0 fully saturated rings. The van der Waals surface area contributed by atoms with Crippen molar-refractivity contribution in [1.29, 1.82) is 0 Å². The Balaban J connectivity index is 1.19. The lowest BCUT2D eigenvalue weighted by atomic mass is 9.77. The molecule has 7 nitrogen and oxygen atoms in total.